The number of benzene rings is 1. The van der Waals surface area contributed by atoms with Crippen molar-refractivity contribution in [1.82, 2.24) is 5.32 Å². The lowest BCUT2D eigenvalue weighted by atomic mass is 9.83. The lowest BCUT2D eigenvalue weighted by molar-refractivity contribution is 0.277. The van der Waals surface area contributed by atoms with Gasteiger partial charge in [-0.2, -0.15) is 0 Å². The molecular formula is C16H25NO2. The summed E-state index contributed by atoms with van der Waals surface area (Å²) < 4.78 is 0. The minimum absolute atomic E-state index is 0.112. The molecule has 0 saturated heterocycles. The molecule has 3 N–H and O–H groups in total. The smallest absolute Gasteiger partial charge is 0.123 e. The lowest BCUT2D eigenvalue weighted by Gasteiger charge is -2.29. The number of hydrogen-bond donors (Lipinski definition) is 3. The van der Waals surface area contributed by atoms with E-state index in [1.54, 1.807) is 12.1 Å². The summed E-state index contributed by atoms with van der Waals surface area (Å²) >= 11 is 0. The molecular weight excluding hydrogens is 238 g/mol. The van der Waals surface area contributed by atoms with Crippen LogP contribution in [0.5, 0.6) is 11.5 Å². The second-order valence-corrected chi connectivity index (χ2v) is 5.70. The maximum atomic E-state index is 9.73. The van der Waals surface area contributed by atoms with E-state index in [1.807, 2.05) is 0 Å². The normalized spacial score (nSPS) is 23.4. The van der Waals surface area contributed by atoms with Crippen molar-refractivity contribution >= 4 is 0 Å². The molecule has 1 aliphatic carbocycles. The predicted octanol–water partition coefficient (Wildman–Crippen LogP) is 3.55. The van der Waals surface area contributed by atoms with Gasteiger partial charge in [-0.1, -0.05) is 25.8 Å². The highest BCUT2D eigenvalue weighted by atomic mass is 16.3. The molecule has 3 nitrogen and oxygen atoms in total. The molecule has 0 aliphatic heterocycles. The van der Waals surface area contributed by atoms with Crippen LogP contribution in [0.4, 0.5) is 0 Å². The fourth-order valence-corrected chi connectivity index (χ4v) is 3.02. The van der Waals surface area contributed by atoms with Crippen molar-refractivity contribution in [2.45, 2.75) is 58.0 Å². The number of nitrogens with one attached hydrogen (secondary N) is 1. The molecule has 0 bridgehead atoms. The van der Waals surface area contributed by atoms with Crippen LogP contribution < -0.4 is 5.32 Å². The molecule has 2 rings (SSSR count). The van der Waals surface area contributed by atoms with Crippen LogP contribution in [0.2, 0.25) is 0 Å². The molecule has 19 heavy (non-hydrogen) atoms. The van der Waals surface area contributed by atoms with Crippen LogP contribution in [0.1, 0.15) is 51.0 Å². The van der Waals surface area contributed by atoms with Crippen molar-refractivity contribution in [3.8, 4) is 11.5 Å². The van der Waals surface area contributed by atoms with Gasteiger partial charge in [0.2, 0.25) is 0 Å². The van der Waals surface area contributed by atoms with Gasteiger partial charge in [0.1, 0.15) is 11.5 Å². The second-order valence-electron chi connectivity index (χ2n) is 5.70. The quantitative estimate of drug-likeness (QED) is 0.761. The summed E-state index contributed by atoms with van der Waals surface area (Å²) in [5, 5.41) is 22.5. The Morgan fingerprint density at radius 2 is 1.89 bits per heavy atom. The Balaban J connectivity index is 1.77. The van der Waals surface area contributed by atoms with Gasteiger partial charge in [-0.25, -0.2) is 0 Å². The first-order chi connectivity index (χ1) is 9.19. The Bertz CT molecular complexity index is 398. The first-order valence-electron chi connectivity index (χ1n) is 7.43. The first-order valence-corrected chi connectivity index (χ1v) is 7.43. The van der Waals surface area contributed by atoms with Gasteiger partial charge in [0.05, 0.1) is 0 Å². The summed E-state index contributed by atoms with van der Waals surface area (Å²) in [4.78, 5) is 0. The summed E-state index contributed by atoms with van der Waals surface area (Å²) in [5.74, 6) is 1.21. The van der Waals surface area contributed by atoms with Gasteiger partial charge >= 0.3 is 0 Å². The summed E-state index contributed by atoms with van der Waals surface area (Å²) in [5.41, 5.74) is 0.855. The van der Waals surface area contributed by atoms with Crippen molar-refractivity contribution in [1.29, 1.82) is 0 Å². The average molecular weight is 263 g/mol. The average Bonchev–Trinajstić information content (AvgIpc) is 2.40. The molecule has 0 unspecified atom stereocenters. The molecule has 1 saturated carbocycles. The molecule has 0 amide bonds. The van der Waals surface area contributed by atoms with Crippen LogP contribution in [-0.2, 0) is 6.54 Å². The molecule has 0 spiro atoms. The molecule has 0 heterocycles. The van der Waals surface area contributed by atoms with Crippen molar-refractivity contribution in [2.24, 2.45) is 5.92 Å². The van der Waals surface area contributed by atoms with E-state index in [0.29, 0.717) is 12.6 Å². The number of hydrogen-bond acceptors (Lipinski definition) is 3. The van der Waals surface area contributed by atoms with E-state index in [9.17, 15) is 10.2 Å². The van der Waals surface area contributed by atoms with E-state index in [0.717, 1.165) is 11.5 Å². The van der Waals surface area contributed by atoms with Gasteiger partial charge in [0, 0.05) is 24.2 Å². The zero-order valence-corrected chi connectivity index (χ0v) is 11.7. The monoisotopic (exact) mass is 263 g/mol. The Hall–Kier alpha value is -1.22. The minimum atomic E-state index is 0.112. The fraction of sp³-hybridized carbons (Fsp3) is 0.625. The molecule has 0 atom stereocenters. The van der Waals surface area contributed by atoms with Crippen molar-refractivity contribution in [3.63, 3.8) is 0 Å². The van der Waals surface area contributed by atoms with Gasteiger partial charge < -0.3 is 15.5 Å². The zero-order valence-electron chi connectivity index (χ0n) is 11.7. The molecule has 1 fully saturated rings. The molecule has 106 valence electrons. The third-order valence-electron chi connectivity index (χ3n) is 4.19. The zero-order chi connectivity index (χ0) is 13.7. The molecule has 1 aromatic rings. The molecule has 1 aliphatic rings. The van der Waals surface area contributed by atoms with E-state index in [1.165, 1.54) is 44.6 Å². The maximum Gasteiger partial charge on any atom is 0.123 e. The van der Waals surface area contributed by atoms with E-state index in [2.05, 4.69) is 12.2 Å². The third-order valence-corrected chi connectivity index (χ3v) is 4.19. The first kappa shape index (κ1) is 14.2. The number of rotatable bonds is 5. The molecule has 0 radical (unpaired) electrons. The number of phenols is 2. The van der Waals surface area contributed by atoms with Crippen LogP contribution in [0, 0.1) is 5.92 Å². The van der Waals surface area contributed by atoms with Gasteiger partial charge in [0.15, 0.2) is 0 Å². The standard InChI is InChI=1S/C16H25NO2/c1-2-3-12-4-7-14(8-5-12)17-11-13-6-9-15(18)10-16(13)19/h6,9-10,12,14,17-19H,2-5,7-8,11H2,1H3. The van der Waals surface area contributed by atoms with Crippen LogP contribution in [0.15, 0.2) is 18.2 Å². The third kappa shape index (κ3) is 4.13. The Kier molecular flexibility index (Phi) is 5.08. The topological polar surface area (TPSA) is 52.5 Å². The van der Waals surface area contributed by atoms with Crippen LogP contribution in [-0.4, -0.2) is 16.3 Å². The van der Waals surface area contributed by atoms with Crippen molar-refractivity contribution in [2.75, 3.05) is 0 Å². The highest BCUT2D eigenvalue weighted by molar-refractivity contribution is 5.38. The van der Waals surface area contributed by atoms with Crippen molar-refractivity contribution in [3.05, 3.63) is 23.8 Å². The fourth-order valence-electron chi connectivity index (χ4n) is 3.02. The summed E-state index contributed by atoms with van der Waals surface area (Å²) in [6.45, 7) is 2.94. The second kappa shape index (κ2) is 6.80. The highest BCUT2D eigenvalue weighted by Crippen LogP contribution is 2.28. The van der Waals surface area contributed by atoms with Gasteiger partial charge in [-0.05, 0) is 37.7 Å². The largest absolute Gasteiger partial charge is 0.508 e. The van der Waals surface area contributed by atoms with Crippen LogP contribution in [0.25, 0.3) is 0 Å². The van der Waals surface area contributed by atoms with E-state index in [4.69, 9.17) is 0 Å². The van der Waals surface area contributed by atoms with Crippen LogP contribution >= 0.6 is 0 Å². The van der Waals surface area contributed by atoms with Gasteiger partial charge in [0.25, 0.3) is 0 Å². The van der Waals surface area contributed by atoms with Crippen molar-refractivity contribution < 1.29 is 10.2 Å². The van der Waals surface area contributed by atoms with Gasteiger partial charge in [-0.3, -0.25) is 0 Å². The van der Waals surface area contributed by atoms with E-state index < -0.39 is 0 Å². The van der Waals surface area contributed by atoms with Crippen LogP contribution in [0.3, 0.4) is 0 Å². The SMILES string of the molecule is CCCC1CCC(NCc2ccc(O)cc2O)CC1. The number of phenolic OH excluding ortho intramolecular Hbond substituents is 2. The Morgan fingerprint density at radius 3 is 2.53 bits per heavy atom. The van der Waals surface area contributed by atoms with E-state index in [-0.39, 0.29) is 11.5 Å². The Morgan fingerprint density at radius 1 is 1.16 bits per heavy atom. The molecule has 1 aromatic carbocycles. The molecule has 0 aromatic heterocycles. The summed E-state index contributed by atoms with van der Waals surface area (Å²) in [6, 6.07) is 5.37. The number of aromatic hydroxyl groups is 2. The minimum Gasteiger partial charge on any atom is -0.508 e. The van der Waals surface area contributed by atoms with E-state index >= 15 is 0 Å². The lowest BCUT2D eigenvalue weighted by Crippen LogP contribution is -2.32. The predicted molar refractivity (Wildman–Crippen MR) is 77.3 cm³/mol. The summed E-state index contributed by atoms with van der Waals surface area (Å²) in [7, 11) is 0. The highest BCUT2D eigenvalue weighted by Gasteiger charge is 2.20. The maximum absolute atomic E-state index is 9.73. The Labute approximate surface area is 115 Å². The van der Waals surface area contributed by atoms with Gasteiger partial charge in [-0.15, -0.1) is 0 Å². The molecule has 3 heteroatoms. The summed E-state index contributed by atoms with van der Waals surface area (Å²) in [6.07, 6.45) is 7.79.